The summed E-state index contributed by atoms with van der Waals surface area (Å²) in [5.74, 6) is 0.213. The van der Waals surface area contributed by atoms with Gasteiger partial charge in [0.1, 0.15) is 5.75 Å². The molecule has 29 heavy (non-hydrogen) atoms. The predicted octanol–water partition coefficient (Wildman–Crippen LogP) is 4.91. The van der Waals surface area contributed by atoms with E-state index in [1.165, 1.54) is 4.57 Å². The number of methoxy groups -OCH3 is 1. The Morgan fingerprint density at radius 1 is 0.931 bits per heavy atom. The molecule has 6 heteroatoms. The molecule has 0 atom stereocenters. The summed E-state index contributed by atoms with van der Waals surface area (Å²) in [5.41, 5.74) is 1.34. The van der Waals surface area contributed by atoms with E-state index in [2.05, 4.69) is 5.32 Å². The Morgan fingerprint density at radius 2 is 1.59 bits per heavy atom. The van der Waals surface area contributed by atoms with Crippen molar-refractivity contribution < 1.29 is 9.53 Å². The summed E-state index contributed by atoms with van der Waals surface area (Å²) in [6.07, 6.45) is 1.55. The molecule has 4 rings (SSSR count). The van der Waals surface area contributed by atoms with Crippen molar-refractivity contribution in [1.29, 1.82) is 0 Å². The number of fused-ring (bicyclic) bond motifs is 1. The third-order valence-electron chi connectivity index (χ3n) is 4.63. The molecule has 1 heterocycles. The molecule has 0 saturated heterocycles. The van der Waals surface area contributed by atoms with Crippen molar-refractivity contribution in [3.05, 3.63) is 99.9 Å². The molecule has 0 saturated carbocycles. The van der Waals surface area contributed by atoms with Gasteiger partial charge in [0.25, 0.3) is 11.5 Å². The number of carbonyl (C=O) groups is 1. The van der Waals surface area contributed by atoms with Crippen LogP contribution in [0.4, 0.5) is 5.69 Å². The third-order valence-corrected chi connectivity index (χ3v) is 4.88. The van der Waals surface area contributed by atoms with Crippen LogP contribution >= 0.6 is 11.6 Å². The highest BCUT2D eigenvalue weighted by atomic mass is 35.5. The zero-order valence-corrected chi connectivity index (χ0v) is 16.3. The molecule has 144 valence electrons. The van der Waals surface area contributed by atoms with E-state index < -0.39 is 0 Å². The first-order chi connectivity index (χ1) is 14.1. The number of anilines is 1. The van der Waals surface area contributed by atoms with Crippen LogP contribution in [-0.4, -0.2) is 17.6 Å². The zero-order chi connectivity index (χ0) is 20.4. The van der Waals surface area contributed by atoms with Gasteiger partial charge >= 0.3 is 0 Å². The first-order valence-electron chi connectivity index (χ1n) is 8.93. The molecule has 3 aromatic carbocycles. The second-order valence-electron chi connectivity index (χ2n) is 6.39. The fourth-order valence-electron chi connectivity index (χ4n) is 3.20. The van der Waals surface area contributed by atoms with Crippen molar-refractivity contribution in [2.24, 2.45) is 0 Å². The standard InChI is InChI=1S/C23H17ClN2O3/c1-29-21-9-5-4-8-20(21)25-22(27)19-14-26(16-12-10-15(24)11-13-16)23(28)18-7-3-2-6-17(18)19/h2-14H,1H3,(H,25,27). The second-order valence-corrected chi connectivity index (χ2v) is 6.83. The van der Waals surface area contributed by atoms with E-state index in [0.29, 0.717) is 38.5 Å². The first-order valence-corrected chi connectivity index (χ1v) is 9.31. The van der Waals surface area contributed by atoms with Gasteiger partial charge in [-0.15, -0.1) is 0 Å². The summed E-state index contributed by atoms with van der Waals surface area (Å²) in [7, 11) is 1.54. The van der Waals surface area contributed by atoms with Crippen molar-refractivity contribution in [3.63, 3.8) is 0 Å². The highest BCUT2D eigenvalue weighted by molar-refractivity contribution is 6.30. The molecule has 5 nitrogen and oxygen atoms in total. The number of rotatable bonds is 4. The molecule has 1 amide bonds. The number of benzene rings is 3. The molecule has 0 spiro atoms. The van der Waals surface area contributed by atoms with Gasteiger partial charge in [0.2, 0.25) is 0 Å². The van der Waals surface area contributed by atoms with Crippen LogP contribution in [0.3, 0.4) is 0 Å². The van der Waals surface area contributed by atoms with E-state index in [1.807, 2.05) is 12.1 Å². The van der Waals surface area contributed by atoms with Gasteiger partial charge < -0.3 is 10.1 Å². The highest BCUT2D eigenvalue weighted by Crippen LogP contribution is 2.25. The Kier molecular flexibility index (Phi) is 5.06. The third kappa shape index (κ3) is 3.60. The summed E-state index contributed by atoms with van der Waals surface area (Å²) in [5, 5.41) is 4.48. The Bertz CT molecular complexity index is 1260. The number of aromatic nitrogens is 1. The zero-order valence-electron chi connectivity index (χ0n) is 15.6. The van der Waals surface area contributed by atoms with Gasteiger partial charge in [-0.3, -0.25) is 14.2 Å². The van der Waals surface area contributed by atoms with Crippen molar-refractivity contribution >= 4 is 34.0 Å². The molecule has 0 fully saturated rings. The van der Waals surface area contributed by atoms with Crippen LogP contribution in [-0.2, 0) is 0 Å². The topological polar surface area (TPSA) is 60.3 Å². The van der Waals surface area contributed by atoms with Crippen LogP contribution in [0.1, 0.15) is 10.4 Å². The lowest BCUT2D eigenvalue weighted by Gasteiger charge is -2.14. The van der Waals surface area contributed by atoms with Crippen LogP contribution in [0, 0.1) is 0 Å². The van der Waals surface area contributed by atoms with Gasteiger partial charge in [-0.25, -0.2) is 0 Å². The number of pyridine rings is 1. The number of nitrogens with one attached hydrogen (secondary N) is 1. The fourth-order valence-corrected chi connectivity index (χ4v) is 3.33. The average molecular weight is 405 g/mol. The monoisotopic (exact) mass is 404 g/mol. The van der Waals surface area contributed by atoms with Gasteiger partial charge in [0.15, 0.2) is 0 Å². The number of hydrogen-bond donors (Lipinski definition) is 1. The predicted molar refractivity (Wildman–Crippen MR) is 116 cm³/mol. The van der Waals surface area contributed by atoms with Gasteiger partial charge in [-0.2, -0.15) is 0 Å². The van der Waals surface area contributed by atoms with E-state index in [0.717, 1.165) is 0 Å². The maximum absolute atomic E-state index is 13.1. The first kappa shape index (κ1) is 18.8. The van der Waals surface area contributed by atoms with E-state index in [4.69, 9.17) is 16.3 Å². The van der Waals surface area contributed by atoms with Crippen LogP contribution in [0.15, 0.2) is 83.8 Å². The highest BCUT2D eigenvalue weighted by Gasteiger charge is 2.17. The number of hydrogen-bond acceptors (Lipinski definition) is 3. The van der Waals surface area contributed by atoms with Crippen molar-refractivity contribution in [3.8, 4) is 11.4 Å². The number of nitrogens with zero attached hydrogens (tertiary/aromatic N) is 1. The molecule has 0 bridgehead atoms. The molecule has 0 aliphatic heterocycles. The van der Waals surface area contributed by atoms with Crippen LogP contribution in [0.2, 0.25) is 5.02 Å². The molecule has 4 aromatic rings. The summed E-state index contributed by atoms with van der Waals surface area (Å²) in [4.78, 5) is 26.2. The number of para-hydroxylation sites is 2. The van der Waals surface area contributed by atoms with Gasteiger partial charge in [0.05, 0.1) is 18.4 Å². The number of carbonyl (C=O) groups excluding carboxylic acids is 1. The Hall–Kier alpha value is -3.57. The van der Waals surface area contributed by atoms with E-state index in [1.54, 1.807) is 74.0 Å². The van der Waals surface area contributed by atoms with Crippen molar-refractivity contribution in [2.75, 3.05) is 12.4 Å². The summed E-state index contributed by atoms with van der Waals surface area (Å²) >= 11 is 5.97. The lowest BCUT2D eigenvalue weighted by Crippen LogP contribution is -2.22. The van der Waals surface area contributed by atoms with E-state index in [9.17, 15) is 9.59 Å². The van der Waals surface area contributed by atoms with Gasteiger partial charge in [-0.05, 0) is 42.5 Å². The molecular formula is C23H17ClN2O3. The molecule has 1 N–H and O–H groups in total. The average Bonchev–Trinajstić information content (AvgIpc) is 2.75. The SMILES string of the molecule is COc1ccccc1NC(=O)c1cn(-c2ccc(Cl)cc2)c(=O)c2ccccc12. The molecule has 0 radical (unpaired) electrons. The maximum Gasteiger partial charge on any atom is 0.262 e. The molecule has 0 aliphatic carbocycles. The lowest BCUT2D eigenvalue weighted by atomic mass is 10.1. The maximum atomic E-state index is 13.1. The number of halogens is 1. The van der Waals surface area contributed by atoms with Gasteiger partial charge in [-0.1, -0.05) is 41.9 Å². The molecule has 1 aromatic heterocycles. The van der Waals surface area contributed by atoms with Crippen molar-refractivity contribution in [2.45, 2.75) is 0 Å². The lowest BCUT2D eigenvalue weighted by molar-refractivity contribution is 0.102. The minimum absolute atomic E-state index is 0.211. The van der Waals surface area contributed by atoms with Crippen LogP contribution in [0.5, 0.6) is 5.75 Å². The van der Waals surface area contributed by atoms with Gasteiger partial charge in [0, 0.05) is 27.7 Å². The smallest absolute Gasteiger partial charge is 0.262 e. The Balaban J connectivity index is 1.87. The minimum Gasteiger partial charge on any atom is -0.495 e. The Morgan fingerprint density at radius 3 is 2.31 bits per heavy atom. The summed E-state index contributed by atoms with van der Waals surface area (Å²) in [6.45, 7) is 0. The molecule has 0 aliphatic rings. The van der Waals surface area contributed by atoms with E-state index in [-0.39, 0.29) is 11.5 Å². The van der Waals surface area contributed by atoms with Crippen LogP contribution < -0.4 is 15.6 Å². The quantitative estimate of drug-likeness (QED) is 0.526. The number of amides is 1. The molecule has 0 unspecified atom stereocenters. The normalized spacial score (nSPS) is 10.7. The summed E-state index contributed by atoms with van der Waals surface area (Å²) < 4.78 is 6.76. The second kappa shape index (κ2) is 7.81. The Labute approximate surface area is 172 Å². The van der Waals surface area contributed by atoms with Crippen molar-refractivity contribution in [1.82, 2.24) is 4.57 Å². The largest absolute Gasteiger partial charge is 0.495 e. The van der Waals surface area contributed by atoms with Crippen LogP contribution in [0.25, 0.3) is 16.5 Å². The fraction of sp³-hybridized carbons (Fsp3) is 0.0435. The minimum atomic E-state index is -0.339. The number of ether oxygens (including phenoxy) is 1. The summed E-state index contributed by atoms with van der Waals surface area (Å²) in [6, 6.07) is 21.1. The molecular weight excluding hydrogens is 388 g/mol. The van der Waals surface area contributed by atoms with E-state index >= 15 is 0 Å².